The highest BCUT2D eigenvalue weighted by Crippen LogP contribution is 2.35. The van der Waals surface area contributed by atoms with Crippen LogP contribution in [0.4, 0.5) is 11.5 Å². The first-order valence-electron chi connectivity index (χ1n) is 11.0. The number of nitrogens with one attached hydrogen (secondary N) is 1. The van der Waals surface area contributed by atoms with Crippen molar-refractivity contribution in [2.24, 2.45) is 0 Å². The molecule has 0 spiro atoms. The lowest BCUT2D eigenvalue weighted by atomic mass is 10.1. The van der Waals surface area contributed by atoms with Gasteiger partial charge in [0.2, 0.25) is 0 Å². The maximum absolute atomic E-state index is 13.1. The zero-order valence-electron chi connectivity index (χ0n) is 18.2. The Bertz CT molecular complexity index is 1230. The van der Waals surface area contributed by atoms with Crippen LogP contribution >= 0.6 is 23.7 Å². The topological polar surface area (TPSA) is 82.6 Å². The Kier molecular flexibility index (Phi) is 7.23. The number of ketones is 1. The van der Waals surface area contributed by atoms with Crippen LogP contribution in [0.2, 0.25) is 0 Å². The summed E-state index contributed by atoms with van der Waals surface area (Å²) in [6.07, 6.45) is 4.08. The number of Topliss-reactive ketones (excluding diaryl/α,β-unsaturated/α-hetero) is 1. The number of halogens is 1. The maximum Gasteiger partial charge on any atom is 0.195 e. The zero-order chi connectivity index (χ0) is 22.1. The van der Waals surface area contributed by atoms with Crippen molar-refractivity contribution >= 4 is 61.0 Å². The summed E-state index contributed by atoms with van der Waals surface area (Å²) in [4.78, 5) is 21.8. The van der Waals surface area contributed by atoms with E-state index < -0.39 is 15.6 Å². The predicted molar refractivity (Wildman–Crippen MR) is 136 cm³/mol. The first-order chi connectivity index (χ1) is 15.5. The van der Waals surface area contributed by atoms with Crippen LogP contribution in [0.3, 0.4) is 0 Å². The molecule has 0 radical (unpaired) electrons. The van der Waals surface area contributed by atoms with Gasteiger partial charge in [0.15, 0.2) is 15.6 Å². The van der Waals surface area contributed by atoms with Crippen LogP contribution in [0.15, 0.2) is 46.8 Å². The average molecular weight is 507 g/mol. The Morgan fingerprint density at radius 1 is 1.00 bits per heavy atom. The largest absolute Gasteiger partial charge is 0.372 e. The van der Waals surface area contributed by atoms with Crippen molar-refractivity contribution in [1.82, 2.24) is 10.3 Å². The minimum atomic E-state index is -3.74. The van der Waals surface area contributed by atoms with Crippen molar-refractivity contribution in [1.29, 1.82) is 0 Å². The Labute approximate surface area is 204 Å². The molecule has 0 bridgehead atoms. The van der Waals surface area contributed by atoms with Gasteiger partial charge >= 0.3 is 0 Å². The molecule has 1 aromatic carbocycles. The molecule has 3 aromatic rings. The third kappa shape index (κ3) is 5.01. The molecule has 0 saturated carbocycles. The molecule has 2 fully saturated rings. The van der Waals surface area contributed by atoms with Crippen molar-refractivity contribution < 1.29 is 13.2 Å². The lowest BCUT2D eigenvalue weighted by Gasteiger charge is -2.28. The number of benzene rings is 1. The fourth-order valence-corrected chi connectivity index (χ4v) is 7.06. The zero-order valence-corrected chi connectivity index (χ0v) is 20.6. The quantitative estimate of drug-likeness (QED) is 0.513. The molecule has 2 aliphatic rings. The summed E-state index contributed by atoms with van der Waals surface area (Å²) in [5.74, 6) is -0.0966. The number of thiophene rings is 1. The highest BCUT2D eigenvalue weighted by atomic mass is 35.5. The average Bonchev–Trinajstić information content (AvgIpc) is 3.50. The first-order valence-corrected chi connectivity index (χ1v) is 13.4. The van der Waals surface area contributed by atoms with E-state index in [9.17, 15) is 13.2 Å². The van der Waals surface area contributed by atoms with E-state index in [2.05, 4.69) is 20.1 Å². The second-order valence-corrected chi connectivity index (χ2v) is 11.6. The van der Waals surface area contributed by atoms with E-state index >= 15 is 0 Å². The first kappa shape index (κ1) is 23.9. The molecule has 10 heteroatoms. The fourth-order valence-electron chi connectivity index (χ4n) is 4.37. The molecule has 0 atom stereocenters. The molecule has 2 aromatic heterocycles. The Morgan fingerprint density at radius 2 is 1.70 bits per heavy atom. The van der Waals surface area contributed by atoms with Crippen LogP contribution in [0.5, 0.6) is 0 Å². The van der Waals surface area contributed by atoms with Gasteiger partial charge in [0.25, 0.3) is 0 Å². The Hall–Kier alpha value is -2.20. The number of aromatic nitrogens is 1. The van der Waals surface area contributed by atoms with Crippen LogP contribution in [0.25, 0.3) is 10.1 Å². The van der Waals surface area contributed by atoms with Crippen molar-refractivity contribution in [2.45, 2.75) is 17.1 Å². The van der Waals surface area contributed by atoms with E-state index in [0.29, 0.717) is 5.56 Å². The SMILES string of the molecule is Cl.O=C(CS(=O)(=O)c1cc2c(N3CCNCC3)nccc2s1)c1ccc(N2CCCC2)cc1. The van der Waals surface area contributed by atoms with E-state index in [0.717, 1.165) is 60.9 Å². The van der Waals surface area contributed by atoms with Gasteiger partial charge in [0.1, 0.15) is 15.8 Å². The van der Waals surface area contributed by atoms with Gasteiger partial charge in [-0.25, -0.2) is 13.4 Å². The Morgan fingerprint density at radius 3 is 2.39 bits per heavy atom. The monoisotopic (exact) mass is 506 g/mol. The van der Waals surface area contributed by atoms with Crippen molar-refractivity contribution in [3.8, 4) is 0 Å². The lowest BCUT2D eigenvalue weighted by Crippen LogP contribution is -2.43. The Balaban J connectivity index is 0.00000259. The summed E-state index contributed by atoms with van der Waals surface area (Å²) in [6.45, 7) is 5.46. The molecular weight excluding hydrogens is 480 g/mol. The predicted octanol–water partition coefficient (Wildman–Crippen LogP) is 3.38. The highest BCUT2D eigenvalue weighted by Gasteiger charge is 2.25. The number of nitrogens with zero attached hydrogens (tertiary/aromatic N) is 3. The van der Waals surface area contributed by atoms with Gasteiger partial charge in [-0.15, -0.1) is 23.7 Å². The van der Waals surface area contributed by atoms with Gasteiger partial charge in [-0.1, -0.05) is 0 Å². The second kappa shape index (κ2) is 9.97. The summed E-state index contributed by atoms with van der Waals surface area (Å²) in [5, 5.41) is 4.15. The molecule has 4 heterocycles. The van der Waals surface area contributed by atoms with Crippen LogP contribution in [0, 0.1) is 0 Å². The number of hydrogen-bond donors (Lipinski definition) is 1. The van der Waals surface area contributed by atoms with Crippen molar-refractivity contribution in [3.63, 3.8) is 0 Å². The molecule has 33 heavy (non-hydrogen) atoms. The molecule has 0 unspecified atom stereocenters. The number of piperazine rings is 1. The molecule has 1 N–H and O–H groups in total. The van der Waals surface area contributed by atoms with Gasteiger partial charge in [0, 0.05) is 66.8 Å². The summed E-state index contributed by atoms with van der Waals surface area (Å²) < 4.78 is 27.3. The number of rotatable bonds is 6. The van der Waals surface area contributed by atoms with Gasteiger partial charge in [-0.05, 0) is 49.2 Å². The summed E-state index contributed by atoms with van der Waals surface area (Å²) in [5.41, 5.74) is 1.51. The fraction of sp³-hybridized carbons (Fsp3) is 0.391. The molecule has 2 aliphatic heterocycles. The van der Waals surface area contributed by atoms with Crippen LogP contribution < -0.4 is 15.1 Å². The number of fused-ring (bicyclic) bond motifs is 1. The minimum Gasteiger partial charge on any atom is -0.372 e. The van der Waals surface area contributed by atoms with Gasteiger partial charge in [-0.2, -0.15) is 0 Å². The smallest absolute Gasteiger partial charge is 0.195 e. The van der Waals surface area contributed by atoms with Gasteiger partial charge in [-0.3, -0.25) is 4.79 Å². The maximum atomic E-state index is 13.1. The summed E-state index contributed by atoms with van der Waals surface area (Å²) in [7, 11) is -3.74. The number of anilines is 2. The van der Waals surface area contributed by atoms with Gasteiger partial charge < -0.3 is 15.1 Å². The summed E-state index contributed by atoms with van der Waals surface area (Å²) >= 11 is 1.21. The third-order valence-corrected chi connectivity index (χ3v) is 9.39. The molecule has 0 aliphatic carbocycles. The van der Waals surface area contributed by atoms with Crippen molar-refractivity contribution in [3.05, 3.63) is 48.2 Å². The number of carbonyl (C=O) groups is 1. The van der Waals surface area contributed by atoms with Gasteiger partial charge in [0.05, 0.1) is 0 Å². The molecule has 5 rings (SSSR count). The van der Waals surface area contributed by atoms with E-state index in [1.807, 2.05) is 18.2 Å². The van der Waals surface area contributed by atoms with E-state index in [1.54, 1.807) is 24.4 Å². The van der Waals surface area contributed by atoms with Crippen LogP contribution in [-0.2, 0) is 9.84 Å². The normalized spacial score (nSPS) is 16.7. The minimum absolute atomic E-state index is 0. The standard InChI is InChI=1S/C23H26N4O3S2.ClH/c28-20(17-3-5-18(6-4-17)26-11-1-2-12-26)16-32(29,30)22-15-19-21(31-22)7-8-25-23(19)27-13-9-24-10-14-27;/h3-8,15,24H,1-2,9-14,16H2;1H. The number of carbonyl (C=O) groups excluding carboxylic acids is 1. The van der Waals surface area contributed by atoms with Crippen molar-refractivity contribution in [2.75, 3.05) is 54.8 Å². The highest BCUT2D eigenvalue weighted by molar-refractivity contribution is 7.94. The molecule has 0 amide bonds. The van der Waals surface area contributed by atoms with E-state index in [4.69, 9.17) is 0 Å². The van der Waals surface area contributed by atoms with E-state index in [-0.39, 0.29) is 22.4 Å². The number of hydrogen-bond acceptors (Lipinski definition) is 8. The molecule has 2 saturated heterocycles. The lowest BCUT2D eigenvalue weighted by molar-refractivity contribution is 0.102. The number of sulfone groups is 1. The molecule has 176 valence electrons. The summed E-state index contributed by atoms with van der Waals surface area (Å²) in [6, 6.07) is 10.8. The van der Waals surface area contributed by atoms with Crippen LogP contribution in [-0.4, -0.2) is 64.2 Å². The van der Waals surface area contributed by atoms with Crippen LogP contribution in [0.1, 0.15) is 23.2 Å². The molecule has 7 nitrogen and oxygen atoms in total. The second-order valence-electron chi connectivity index (χ2n) is 8.27. The molecular formula is C23H27ClN4O3S2. The third-order valence-electron chi connectivity index (χ3n) is 6.11. The van der Waals surface area contributed by atoms with E-state index in [1.165, 1.54) is 24.2 Å². The number of pyridine rings is 1.